The van der Waals surface area contributed by atoms with Gasteiger partial charge < -0.3 is 28.8 Å². The van der Waals surface area contributed by atoms with Gasteiger partial charge in [0, 0.05) is 19.5 Å². The van der Waals surface area contributed by atoms with Gasteiger partial charge in [0.25, 0.3) is 0 Å². The first-order valence-electron chi connectivity index (χ1n) is 13.8. The normalized spacial score (nSPS) is 10.9. The number of methoxy groups -OCH3 is 3. The summed E-state index contributed by atoms with van der Waals surface area (Å²) in [5.41, 5.74) is 3.07. The first kappa shape index (κ1) is 28.8. The van der Waals surface area contributed by atoms with Crippen LogP contribution in [0.15, 0.2) is 66.7 Å². The topological polar surface area (TPSA) is 83.8 Å². The van der Waals surface area contributed by atoms with Crippen molar-refractivity contribution in [1.82, 2.24) is 14.9 Å². The van der Waals surface area contributed by atoms with E-state index < -0.39 is 0 Å². The quantitative estimate of drug-likeness (QED) is 0.185. The van der Waals surface area contributed by atoms with E-state index in [0.717, 1.165) is 72.6 Å². The fraction of sp³-hybridized carbons (Fsp3) is 0.375. The van der Waals surface area contributed by atoms with Gasteiger partial charge >= 0.3 is 0 Å². The number of para-hydroxylation sites is 2. The fourth-order valence-electron chi connectivity index (χ4n) is 4.70. The molecule has 1 heterocycles. The number of benzene rings is 3. The Bertz CT molecular complexity index is 1370. The van der Waals surface area contributed by atoms with Crippen LogP contribution in [0.5, 0.6) is 23.0 Å². The molecule has 4 aromatic rings. The number of rotatable bonds is 16. The van der Waals surface area contributed by atoms with Gasteiger partial charge in [-0.25, -0.2) is 4.98 Å². The second kappa shape index (κ2) is 14.8. The van der Waals surface area contributed by atoms with Crippen molar-refractivity contribution in [3.8, 4) is 23.0 Å². The third-order valence-electron chi connectivity index (χ3n) is 6.80. The summed E-state index contributed by atoms with van der Waals surface area (Å²) in [7, 11) is 4.85. The number of imidazole rings is 1. The average molecular weight is 546 g/mol. The third kappa shape index (κ3) is 7.91. The molecule has 1 amide bonds. The van der Waals surface area contributed by atoms with Gasteiger partial charge in [0.05, 0.1) is 45.4 Å². The van der Waals surface area contributed by atoms with E-state index in [9.17, 15) is 4.79 Å². The van der Waals surface area contributed by atoms with Crippen molar-refractivity contribution >= 4 is 16.9 Å². The lowest BCUT2D eigenvalue weighted by Crippen LogP contribution is -2.26. The highest BCUT2D eigenvalue weighted by Gasteiger charge is 2.11. The van der Waals surface area contributed by atoms with Crippen LogP contribution in [0.2, 0.25) is 0 Å². The molecule has 0 aliphatic heterocycles. The number of hydrogen-bond acceptors (Lipinski definition) is 6. The van der Waals surface area contributed by atoms with Crippen molar-refractivity contribution in [2.24, 2.45) is 0 Å². The Hall–Kier alpha value is -4.20. The van der Waals surface area contributed by atoms with Gasteiger partial charge in [-0.3, -0.25) is 4.79 Å². The van der Waals surface area contributed by atoms with Gasteiger partial charge in [-0.2, -0.15) is 0 Å². The van der Waals surface area contributed by atoms with E-state index in [2.05, 4.69) is 28.1 Å². The highest BCUT2D eigenvalue weighted by atomic mass is 16.5. The molecule has 8 heteroatoms. The number of aryl methyl sites for hydroxylation is 2. The molecule has 0 unspecified atom stereocenters. The Morgan fingerprint density at radius 3 is 2.38 bits per heavy atom. The summed E-state index contributed by atoms with van der Waals surface area (Å²) < 4.78 is 24.0. The van der Waals surface area contributed by atoms with E-state index in [-0.39, 0.29) is 5.91 Å². The van der Waals surface area contributed by atoms with Crippen LogP contribution in [0.4, 0.5) is 0 Å². The van der Waals surface area contributed by atoms with E-state index in [1.165, 1.54) is 0 Å². The van der Waals surface area contributed by atoms with Gasteiger partial charge in [-0.1, -0.05) is 24.6 Å². The summed E-state index contributed by atoms with van der Waals surface area (Å²) in [5, 5.41) is 3.03. The van der Waals surface area contributed by atoms with Crippen LogP contribution in [0.25, 0.3) is 11.0 Å². The number of ether oxygens (including phenoxy) is 4. The van der Waals surface area contributed by atoms with Crippen LogP contribution in [-0.2, 0) is 24.2 Å². The van der Waals surface area contributed by atoms with Gasteiger partial charge in [0.1, 0.15) is 17.3 Å². The molecule has 0 fully saturated rings. The minimum atomic E-state index is 0.00544. The first-order chi connectivity index (χ1) is 19.6. The summed E-state index contributed by atoms with van der Waals surface area (Å²) in [6.45, 7) is 2.13. The number of carbonyl (C=O) groups is 1. The van der Waals surface area contributed by atoms with E-state index in [1.807, 2.05) is 48.5 Å². The molecule has 0 spiro atoms. The van der Waals surface area contributed by atoms with Crippen molar-refractivity contribution in [2.45, 2.75) is 45.1 Å². The van der Waals surface area contributed by atoms with Crippen molar-refractivity contribution in [1.29, 1.82) is 0 Å². The maximum absolute atomic E-state index is 12.4. The second-order valence-corrected chi connectivity index (χ2v) is 9.57. The molecule has 40 heavy (non-hydrogen) atoms. The molecular formula is C32H39N3O5. The summed E-state index contributed by atoms with van der Waals surface area (Å²) in [4.78, 5) is 17.3. The van der Waals surface area contributed by atoms with Crippen LogP contribution in [-0.4, -0.2) is 49.9 Å². The number of nitrogens with zero attached hydrogens (tertiary/aromatic N) is 2. The SMILES string of the molecule is COc1ccc(OCCCn2c(CCCCCNC(=O)Cc3ccc(OC)c(OC)c3)nc3ccccc32)cc1. The van der Waals surface area contributed by atoms with Gasteiger partial charge in [-0.15, -0.1) is 0 Å². The number of fused-ring (bicyclic) bond motifs is 1. The smallest absolute Gasteiger partial charge is 0.224 e. The maximum Gasteiger partial charge on any atom is 0.224 e. The highest BCUT2D eigenvalue weighted by Crippen LogP contribution is 2.27. The molecule has 1 N–H and O–H groups in total. The third-order valence-corrected chi connectivity index (χ3v) is 6.80. The van der Waals surface area contributed by atoms with Crippen LogP contribution in [0, 0.1) is 0 Å². The minimum Gasteiger partial charge on any atom is -0.497 e. The molecule has 1 aromatic heterocycles. The average Bonchev–Trinajstić information content (AvgIpc) is 3.34. The van der Waals surface area contributed by atoms with E-state index >= 15 is 0 Å². The van der Waals surface area contributed by atoms with E-state index in [0.29, 0.717) is 31.1 Å². The summed E-state index contributed by atoms with van der Waals surface area (Å²) in [5.74, 6) is 4.05. The van der Waals surface area contributed by atoms with Crippen LogP contribution in [0.1, 0.15) is 37.1 Å². The standard InChI is InChI=1S/C32H39N3O5/c1-37-25-14-16-26(17-15-25)40-21-9-20-35-28-11-7-6-10-27(28)34-31(35)12-5-4-8-19-33-32(36)23-24-13-18-29(38-2)30(22-24)39-3/h6-7,10-11,13-18,22H,4-5,8-9,12,19-21,23H2,1-3H3,(H,33,36). The fourth-order valence-corrected chi connectivity index (χ4v) is 4.70. The molecule has 0 atom stereocenters. The van der Waals surface area contributed by atoms with Crippen molar-refractivity contribution < 1.29 is 23.7 Å². The summed E-state index contributed by atoms with van der Waals surface area (Å²) in [6, 6.07) is 21.5. The number of amides is 1. The molecule has 0 saturated heterocycles. The van der Waals surface area contributed by atoms with Gasteiger partial charge in [-0.05, 0) is 73.4 Å². The predicted molar refractivity (Wildman–Crippen MR) is 157 cm³/mol. The largest absolute Gasteiger partial charge is 0.497 e. The molecule has 4 rings (SSSR count). The number of hydrogen-bond donors (Lipinski definition) is 1. The predicted octanol–water partition coefficient (Wildman–Crippen LogP) is 5.60. The van der Waals surface area contributed by atoms with Crippen molar-refractivity contribution in [3.05, 3.63) is 78.1 Å². The zero-order valence-electron chi connectivity index (χ0n) is 23.7. The number of carbonyl (C=O) groups excluding carboxylic acids is 1. The van der Waals surface area contributed by atoms with Gasteiger partial charge in [0.2, 0.25) is 5.91 Å². The van der Waals surface area contributed by atoms with Gasteiger partial charge in [0.15, 0.2) is 11.5 Å². The summed E-state index contributed by atoms with van der Waals surface area (Å²) in [6.07, 6.45) is 5.04. The molecule has 0 aliphatic carbocycles. The zero-order chi connectivity index (χ0) is 28.2. The molecule has 0 bridgehead atoms. The second-order valence-electron chi connectivity index (χ2n) is 9.57. The van der Waals surface area contributed by atoms with E-state index in [4.69, 9.17) is 23.9 Å². The highest BCUT2D eigenvalue weighted by molar-refractivity contribution is 5.78. The molecule has 0 aliphatic rings. The Morgan fingerprint density at radius 1 is 0.825 bits per heavy atom. The molecule has 212 valence electrons. The first-order valence-corrected chi connectivity index (χ1v) is 13.8. The molecule has 0 radical (unpaired) electrons. The lowest BCUT2D eigenvalue weighted by atomic mass is 10.1. The van der Waals surface area contributed by atoms with Crippen LogP contribution in [0.3, 0.4) is 0 Å². The Morgan fingerprint density at radius 2 is 1.60 bits per heavy atom. The monoisotopic (exact) mass is 545 g/mol. The molecular weight excluding hydrogens is 506 g/mol. The lowest BCUT2D eigenvalue weighted by Gasteiger charge is -2.11. The summed E-state index contributed by atoms with van der Waals surface area (Å²) >= 11 is 0. The lowest BCUT2D eigenvalue weighted by molar-refractivity contribution is -0.120. The van der Waals surface area contributed by atoms with E-state index in [1.54, 1.807) is 21.3 Å². The molecule has 0 saturated carbocycles. The van der Waals surface area contributed by atoms with Crippen LogP contribution < -0.4 is 24.3 Å². The number of aromatic nitrogens is 2. The Balaban J connectivity index is 1.20. The Labute approximate surface area is 236 Å². The number of unbranched alkanes of at least 4 members (excludes halogenated alkanes) is 2. The number of nitrogens with one attached hydrogen (secondary N) is 1. The maximum atomic E-state index is 12.4. The minimum absolute atomic E-state index is 0.00544. The van der Waals surface area contributed by atoms with Crippen LogP contribution >= 0.6 is 0 Å². The molecule has 3 aromatic carbocycles. The zero-order valence-corrected chi connectivity index (χ0v) is 23.7. The van der Waals surface area contributed by atoms with Crippen molar-refractivity contribution in [2.75, 3.05) is 34.5 Å². The van der Waals surface area contributed by atoms with Crippen molar-refractivity contribution in [3.63, 3.8) is 0 Å². The Kier molecular flexibility index (Phi) is 10.7. The molecule has 8 nitrogen and oxygen atoms in total.